The van der Waals surface area contributed by atoms with Crippen LogP contribution in [0.25, 0.3) is 0 Å². The zero-order valence-corrected chi connectivity index (χ0v) is 18.0. The second kappa shape index (κ2) is 8.13. The van der Waals surface area contributed by atoms with Crippen molar-refractivity contribution in [2.75, 3.05) is 16.6 Å². The summed E-state index contributed by atoms with van der Waals surface area (Å²) in [6.07, 6.45) is -0.874. The van der Waals surface area contributed by atoms with Crippen LogP contribution in [0.3, 0.4) is 0 Å². The third-order valence-corrected chi connectivity index (χ3v) is 5.95. The minimum Gasteiger partial charge on any atom is -0.494 e. The van der Waals surface area contributed by atoms with Gasteiger partial charge in [0.2, 0.25) is 5.91 Å². The number of amides is 2. The molecule has 3 aromatic rings. The summed E-state index contributed by atoms with van der Waals surface area (Å²) in [5.74, 6) is -0.477. The number of hydrogen-bond donors (Lipinski definition) is 0. The Morgan fingerprint density at radius 1 is 0.844 bits per heavy atom. The van der Waals surface area contributed by atoms with Gasteiger partial charge >= 0.3 is 0 Å². The van der Waals surface area contributed by atoms with Gasteiger partial charge in [-0.1, -0.05) is 48.0 Å². The zero-order valence-electron chi connectivity index (χ0n) is 18.0. The summed E-state index contributed by atoms with van der Waals surface area (Å²) in [6.45, 7) is 4.48. The standard InChI is InChI=1S/C26H24N2O4/c1-3-31-21-15-11-18(12-16-21)23-22-24(32-28(23)20-7-5-4-6-8-20)26(30)27(25(22)29)19-13-9-17(2)10-14-19/h4-16,22-24H,3H2,1-2H3/t22-,23-,24-/m0/s1. The first kappa shape index (κ1) is 20.3. The molecule has 6 nitrogen and oxygen atoms in total. The van der Waals surface area contributed by atoms with Gasteiger partial charge in [-0.15, -0.1) is 0 Å². The lowest BCUT2D eigenvalue weighted by molar-refractivity contribution is -0.126. The van der Waals surface area contributed by atoms with E-state index in [9.17, 15) is 9.59 Å². The van der Waals surface area contributed by atoms with E-state index in [-0.39, 0.29) is 11.8 Å². The van der Waals surface area contributed by atoms with Crippen molar-refractivity contribution >= 4 is 23.2 Å². The number of hydroxylamine groups is 1. The van der Waals surface area contributed by atoms with E-state index < -0.39 is 18.1 Å². The molecule has 2 fully saturated rings. The van der Waals surface area contributed by atoms with E-state index in [1.165, 1.54) is 4.90 Å². The van der Waals surface area contributed by atoms with Crippen LogP contribution in [-0.4, -0.2) is 24.5 Å². The third kappa shape index (κ3) is 3.33. The minimum absolute atomic E-state index is 0.249. The third-order valence-electron chi connectivity index (χ3n) is 5.95. The molecule has 2 heterocycles. The van der Waals surface area contributed by atoms with Crippen LogP contribution in [0.2, 0.25) is 0 Å². The molecule has 0 unspecified atom stereocenters. The molecule has 2 aliphatic heterocycles. The molecule has 2 amide bonds. The van der Waals surface area contributed by atoms with Gasteiger partial charge in [0.1, 0.15) is 11.7 Å². The fourth-order valence-corrected chi connectivity index (χ4v) is 4.43. The van der Waals surface area contributed by atoms with Crippen LogP contribution in [0.4, 0.5) is 11.4 Å². The highest BCUT2D eigenvalue weighted by Crippen LogP contribution is 2.47. The van der Waals surface area contributed by atoms with Crippen molar-refractivity contribution in [3.63, 3.8) is 0 Å². The molecule has 162 valence electrons. The molecule has 0 N–H and O–H groups in total. The van der Waals surface area contributed by atoms with Crippen molar-refractivity contribution in [2.45, 2.75) is 26.0 Å². The number of benzene rings is 3. The SMILES string of the molecule is CCOc1ccc([C@H]2[C@@H]3C(=O)N(c4ccc(C)cc4)C(=O)[C@H]3ON2c2ccccc2)cc1. The van der Waals surface area contributed by atoms with E-state index in [4.69, 9.17) is 9.57 Å². The summed E-state index contributed by atoms with van der Waals surface area (Å²) in [6, 6.07) is 24.1. The molecule has 0 spiro atoms. The van der Waals surface area contributed by atoms with E-state index in [1.54, 1.807) is 17.2 Å². The Labute approximate surface area is 186 Å². The number of para-hydroxylation sites is 1. The summed E-state index contributed by atoms with van der Waals surface area (Å²) < 4.78 is 5.57. The largest absolute Gasteiger partial charge is 0.494 e. The smallest absolute Gasteiger partial charge is 0.266 e. The number of carbonyl (C=O) groups is 2. The number of imide groups is 1. The summed E-state index contributed by atoms with van der Waals surface area (Å²) in [5, 5.41) is 1.70. The van der Waals surface area contributed by atoms with Gasteiger partial charge in [0.15, 0.2) is 6.10 Å². The summed E-state index contributed by atoms with van der Waals surface area (Å²) >= 11 is 0. The molecule has 5 rings (SSSR count). The van der Waals surface area contributed by atoms with E-state index in [1.807, 2.05) is 80.6 Å². The van der Waals surface area contributed by atoms with Crippen molar-refractivity contribution in [3.05, 3.63) is 90.0 Å². The van der Waals surface area contributed by atoms with Gasteiger partial charge in [-0.2, -0.15) is 0 Å². The average molecular weight is 428 g/mol. The number of hydrogen-bond acceptors (Lipinski definition) is 5. The number of fused-ring (bicyclic) bond motifs is 1. The summed E-state index contributed by atoms with van der Waals surface area (Å²) in [7, 11) is 0. The molecule has 32 heavy (non-hydrogen) atoms. The highest BCUT2D eigenvalue weighted by molar-refractivity contribution is 6.23. The number of carbonyl (C=O) groups excluding carboxylic acids is 2. The molecular formula is C26H24N2O4. The quantitative estimate of drug-likeness (QED) is 0.562. The maximum atomic E-state index is 13.6. The normalized spacial score (nSPS) is 22.4. The van der Waals surface area contributed by atoms with Crippen LogP contribution in [-0.2, 0) is 14.4 Å². The van der Waals surface area contributed by atoms with Crippen LogP contribution >= 0.6 is 0 Å². The van der Waals surface area contributed by atoms with Crippen LogP contribution in [0.5, 0.6) is 5.75 Å². The van der Waals surface area contributed by atoms with Crippen LogP contribution < -0.4 is 14.7 Å². The minimum atomic E-state index is -0.874. The van der Waals surface area contributed by atoms with Crippen molar-refractivity contribution in [1.29, 1.82) is 0 Å². The van der Waals surface area contributed by atoms with Crippen molar-refractivity contribution in [3.8, 4) is 5.75 Å². The van der Waals surface area contributed by atoms with Gasteiger partial charge in [-0.25, -0.2) is 9.96 Å². The van der Waals surface area contributed by atoms with Crippen LogP contribution in [0.1, 0.15) is 24.1 Å². The molecule has 0 bridgehead atoms. The van der Waals surface area contributed by atoms with E-state index in [0.29, 0.717) is 12.3 Å². The number of ether oxygens (including phenoxy) is 1. The molecule has 6 heteroatoms. The monoisotopic (exact) mass is 428 g/mol. The van der Waals surface area contributed by atoms with Crippen molar-refractivity contribution in [1.82, 2.24) is 0 Å². The average Bonchev–Trinajstić information content (AvgIpc) is 3.32. The lowest BCUT2D eigenvalue weighted by atomic mass is 9.90. The summed E-state index contributed by atoms with van der Waals surface area (Å²) in [4.78, 5) is 34.3. The number of rotatable bonds is 5. The maximum Gasteiger partial charge on any atom is 0.266 e. The predicted octanol–water partition coefficient (Wildman–Crippen LogP) is 4.44. The predicted molar refractivity (Wildman–Crippen MR) is 121 cm³/mol. The second-order valence-electron chi connectivity index (χ2n) is 8.01. The Bertz CT molecular complexity index is 1130. The van der Waals surface area contributed by atoms with Gasteiger partial charge < -0.3 is 4.74 Å². The Morgan fingerprint density at radius 3 is 2.19 bits per heavy atom. The van der Waals surface area contributed by atoms with Gasteiger partial charge in [-0.3, -0.25) is 14.4 Å². The van der Waals surface area contributed by atoms with E-state index in [2.05, 4.69) is 0 Å². The highest BCUT2D eigenvalue weighted by atomic mass is 16.7. The van der Waals surface area contributed by atoms with Crippen LogP contribution in [0.15, 0.2) is 78.9 Å². The first-order valence-electron chi connectivity index (χ1n) is 10.8. The van der Waals surface area contributed by atoms with Crippen molar-refractivity contribution < 1.29 is 19.2 Å². The number of anilines is 2. The molecule has 3 atom stereocenters. The van der Waals surface area contributed by atoms with Gasteiger partial charge in [-0.05, 0) is 55.8 Å². The highest BCUT2D eigenvalue weighted by Gasteiger charge is 2.60. The Balaban J connectivity index is 1.55. The van der Waals surface area contributed by atoms with Gasteiger partial charge in [0.05, 0.1) is 24.0 Å². The lowest BCUT2D eigenvalue weighted by Crippen LogP contribution is -2.37. The molecule has 0 aliphatic carbocycles. The second-order valence-corrected chi connectivity index (χ2v) is 8.01. The lowest BCUT2D eigenvalue weighted by Gasteiger charge is -2.28. The topological polar surface area (TPSA) is 59.1 Å². The molecule has 2 aliphatic rings. The molecule has 0 radical (unpaired) electrons. The Kier molecular flexibility index (Phi) is 5.15. The molecule has 3 aromatic carbocycles. The van der Waals surface area contributed by atoms with E-state index >= 15 is 0 Å². The number of nitrogens with zero attached hydrogens (tertiary/aromatic N) is 2. The van der Waals surface area contributed by atoms with Crippen LogP contribution in [0, 0.1) is 12.8 Å². The first-order chi connectivity index (χ1) is 15.6. The van der Waals surface area contributed by atoms with Crippen molar-refractivity contribution in [2.24, 2.45) is 5.92 Å². The van der Waals surface area contributed by atoms with Gasteiger partial charge in [0, 0.05) is 0 Å². The fourth-order valence-electron chi connectivity index (χ4n) is 4.43. The zero-order chi connectivity index (χ0) is 22.2. The van der Waals surface area contributed by atoms with Gasteiger partial charge in [0.25, 0.3) is 5.91 Å². The summed E-state index contributed by atoms with van der Waals surface area (Å²) in [5.41, 5.74) is 3.31. The molecule has 2 saturated heterocycles. The Morgan fingerprint density at radius 2 is 1.53 bits per heavy atom. The Hall–Kier alpha value is -3.64. The fraction of sp³-hybridized carbons (Fsp3) is 0.231. The molecule has 0 saturated carbocycles. The first-order valence-corrected chi connectivity index (χ1v) is 10.8. The van der Waals surface area contributed by atoms with E-state index in [0.717, 1.165) is 22.6 Å². The number of aryl methyl sites for hydroxylation is 1. The maximum absolute atomic E-state index is 13.6. The molecule has 0 aromatic heterocycles. The molecular weight excluding hydrogens is 404 g/mol.